The van der Waals surface area contributed by atoms with Crippen LogP contribution in [-0.2, 0) is 4.79 Å². The second-order valence-electron chi connectivity index (χ2n) is 5.46. The average molecular weight is 336 g/mol. The third kappa shape index (κ3) is 4.81. The summed E-state index contributed by atoms with van der Waals surface area (Å²) in [6.45, 7) is 2.81. The van der Waals surface area contributed by atoms with Gasteiger partial charge in [0, 0.05) is 25.4 Å². The Bertz CT molecular complexity index is 676. The number of pyridine rings is 1. The van der Waals surface area contributed by atoms with E-state index >= 15 is 0 Å². The largest absolute Gasteiger partial charge is 0.396 e. The predicted octanol–water partition coefficient (Wildman–Crippen LogP) is 2.92. The zero-order valence-corrected chi connectivity index (χ0v) is 14.0. The predicted molar refractivity (Wildman–Crippen MR) is 92.3 cm³/mol. The number of halogens is 1. The molecule has 0 fully saturated rings. The van der Waals surface area contributed by atoms with E-state index < -0.39 is 0 Å². The molecule has 2 heterocycles. The lowest BCUT2D eigenvalue weighted by Gasteiger charge is -2.14. The number of nitrogens with zero attached hydrogens (tertiary/aromatic N) is 2. The summed E-state index contributed by atoms with van der Waals surface area (Å²) >= 11 is 6.12. The number of rotatable bonds is 8. The molecule has 0 aliphatic rings. The van der Waals surface area contributed by atoms with Gasteiger partial charge in [-0.2, -0.15) is 0 Å². The number of amides is 1. The van der Waals surface area contributed by atoms with Crippen LogP contribution in [-0.4, -0.2) is 33.6 Å². The van der Waals surface area contributed by atoms with Crippen molar-refractivity contribution in [3.8, 4) is 0 Å². The van der Waals surface area contributed by atoms with Crippen LogP contribution in [0.5, 0.6) is 0 Å². The Morgan fingerprint density at radius 1 is 1.48 bits per heavy atom. The average Bonchev–Trinajstić information content (AvgIpc) is 2.86. The van der Waals surface area contributed by atoms with Gasteiger partial charge in [0.1, 0.15) is 5.65 Å². The lowest BCUT2D eigenvalue weighted by Crippen LogP contribution is -2.28. The normalized spacial score (nSPS) is 12.8. The molecule has 2 aromatic rings. The number of fused-ring (bicyclic) bond motifs is 1. The van der Waals surface area contributed by atoms with Gasteiger partial charge >= 0.3 is 0 Å². The number of aliphatic hydroxyl groups excluding tert-OH is 1. The van der Waals surface area contributed by atoms with E-state index in [-0.39, 0.29) is 12.5 Å². The molecule has 6 heteroatoms. The summed E-state index contributed by atoms with van der Waals surface area (Å²) in [5.74, 6) is 0.132. The van der Waals surface area contributed by atoms with E-state index in [0.29, 0.717) is 29.7 Å². The lowest BCUT2D eigenvalue weighted by atomic mass is 10.0. The van der Waals surface area contributed by atoms with Gasteiger partial charge in [0.05, 0.1) is 5.69 Å². The lowest BCUT2D eigenvalue weighted by molar-refractivity contribution is -0.116. The molecule has 23 heavy (non-hydrogen) atoms. The molecule has 1 unspecified atom stereocenters. The first-order valence-corrected chi connectivity index (χ1v) is 8.22. The summed E-state index contributed by atoms with van der Waals surface area (Å²) in [5.41, 5.74) is 1.42. The van der Waals surface area contributed by atoms with Gasteiger partial charge in [-0.25, -0.2) is 4.98 Å². The van der Waals surface area contributed by atoms with Crippen LogP contribution in [0.2, 0.25) is 5.15 Å². The molecule has 2 rings (SSSR count). The number of hydrogen-bond acceptors (Lipinski definition) is 3. The number of aliphatic hydroxyl groups is 1. The van der Waals surface area contributed by atoms with Crippen molar-refractivity contribution in [1.29, 1.82) is 0 Å². The highest BCUT2D eigenvalue weighted by molar-refractivity contribution is 6.31. The van der Waals surface area contributed by atoms with E-state index in [0.717, 1.165) is 18.5 Å². The minimum absolute atomic E-state index is 0.147. The Hall–Kier alpha value is -1.85. The molecule has 1 atom stereocenters. The topological polar surface area (TPSA) is 66.6 Å². The maximum atomic E-state index is 12.0. The van der Waals surface area contributed by atoms with Crippen molar-refractivity contribution in [2.45, 2.75) is 26.2 Å². The summed E-state index contributed by atoms with van der Waals surface area (Å²) in [4.78, 5) is 16.2. The molecule has 1 amide bonds. The molecule has 0 aliphatic heterocycles. The molecular formula is C17H22ClN3O2. The molecule has 5 nitrogen and oxygen atoms in total. The Morgan fingerprint density at radius 3 is 3.04 bits per heavy atom. The summed E-state index contributed by atoms with van der Waals surface area (Å²) in [6, 6.07) is 5.62. The summed E-state index contributed by atoms with van der Waals surface area (Å²) in [7, 11) is 0. The van der Waals surface area contributed by atoms with E-state index in [1.807, 2.05) is 28.8 Å². The smallest absolute Gasteiger partial charge is 0.244 e. The van der Waals surface area contributed by atoms with Crippen molar-refractivity contribution >= 4 is 29.2 Å². The van der Waals surface area contributed by atoms with Gasteiger partial charge in [0.2, 0.25) is 5.91 Å². The second-order valence-corrected chi connectivity index (χ2v) is 5.82. The number of hydrogen-bond donors (Lipinski definition) is 2. The van der Waals surface area contributed by atoms with Gasteiger partial charge in [-0.05, 0) is 37.0 Å². The number of nitrogens with one attached hydrogen (secondary N) is 1. The maximum Gasteiger partial charge on any atom is 0.244 e. The van der Waals surface area contributed by atoms with Crippen molar-refractivity contribution in [2.75, 3.05) is 13.2 Å². The molecule has 0 saturated heterocycles. The Balaban J connectivity index is 1.98. The van der Waals surface area contributed by atoms with E-state index in [4.69, 9.17) is 16.7 Å². The quantitative estimate of drug-likeness (QED) is 0.729. The maximum absolute atomic E-state index is 12.0. The van der Waals surface area contributed by atoms with E-state index in [1.165, 1.54) is 6.08 Å². The van der Waals surface area contributed by atoms with Gasteiger partial charge in [-0.3, -0.25) is 9.20 Å². The number of imidazole rings is 1. The molecule has 0 spiro atoms. The van der Waals surface area contributed by atoms with Crippen LogP contribution >= 0.6 is 11.6 Å². The number of aromatic nitrogens is 2. The second kappa shape index (κ2) is 8.70. The standard InChI is InChI=1S/C17H22ClN3O2/c1-2-5-13(9-11-22)12-19-16(23)8-7-14-17(18)20-15-6-3-4-10-21(14)15/h3-4,6-8,10,13,22H,2,5,9,11-12H2,1H3,(H,19,23)/b8-7+. The zero-order chi connectivity index (χ0) is 16.7. The molecule has 2 N–H and O–H groups in total. The third-order valence-electron chi connectivity index (χ3n) is 3.71. The van der Waals surface area contributed by atoms with E-state index in [1.54, 1.807) is 6.08 Å². The Labute approximate surface area is 141 Å². The Morgan fingerprint density at radius 2 is 2.30 bits per heavy atom. The molecule has 0 bridgehead atoms. The fraction of sp³-hybridized carbons (Fsp3) is 0.412. The molecular weight excluding hydrogens is 314 g/mol. The third-order valence-corrected chi connectivity index (χ3v) is 3.99. The van der Waals surface area contributed by atoms with Crippen LogP contribution in [0.1, 0.15) is 31.9 Å². The van der Waals surface area contributed by atoms with Crippen LogP contribution in [0.3, 0.4) is 0 Å². The van der Waals surface area contributed by atoms with Gasteiger partial charge in [-0.15, -0.1) is 0 Å². The van der Waals surface area contributed by atoms with Crippen LogP contribution in [0.15, 0.2) is 30.5 Å². The van der Waals surface area contributed by atoms with Crippen molar-refractivity contribution < 1.29 is 9.90 Å². The van der Waals surface area contributed by atoms with Gasteiger partial charge in [0.25, 0.3) is 0 Å². The Kier molecular flexibility index (Phi) is 6.62. The van der Waals surface area contributed by atoms with Gasteiger partial charge in [-0.1, -0.05) is 31.0 Å². The molecule has 0 radical (unpaired) electrons. The molecule has 124 valence electrons. The van der Waals surface area contributed by atoms with Gasteiger partial charge in [0.15, 0.2) is 5.15 Å². The number of carbonyl (C=O) groups is 1. The van der Waals surface area contributed by atoms with E-state index in [9.17, 15) is 4.79 Å². The highest BCUT2D eigenvalue weighted by Gasteiger charge is 2.09. The van der Waals surface area contributed by atoms with Crippen LogP contribution in [0, 0.1) is 5.92 Å². The SMILES string of the molecule is CCCC(CCO)CNC(=O)/C=C/c1c(Cl)nc2ccccn12. The highest BCUT2D eigenvalue weighted by Crippen LogP contribution is 2.18. The fourth-order valence-electron chi connectivity index (χ4n) is 2.53. The first kappa shape index (κ1) is 17.5. The van der Waals surface area contributed by atoms with Crippen LogP contribution in [0.25, 0.3) is 11.7 Å². The van der Waals surface area contributed by atoms with Crippen molar-refractivity contribution in [1.82, 2.24) is 14.7 Å². The molecule has 0 aromatic carbocycles. The summed E-state index contributed by atoms with van der Waals surface area (Å²) < 4.78 is 1.83. The first-order valence-electron chi connectivity index (χ1n) is 7.85. The van der Waals surface area contributed by atoms with Crippen molar-refractivity contribution in [3.05, 3.63) is 41.3 Å². The minimum Gasteiger partial charge on any atom is -0.396 e. The minimum atomic E-state index is -0.175. The summed E-state index contributed by atoms with van der Waals surface area (Å²) in [6.07, 6.45) is 7.71. The first-order chi connectivity index (χ1) is 11.2. The monoisotopic (exact) mass is 335 g/mol. The zero-order valence-electron chi connectivity index (χ0n) is 13.2. The highest BCUT2D eigenvalue weighted by atomic mass is 35.5. The number of carbonyl (C=O) groups excluding carboxylic acids is 1. The molecule has 0 saturated carbocycles. The van der Waals surface area contributed by atoms with Crippen molar-refractivity contribution in [3.63, 3.8) is 0 Å². The van der Waals surface area contributed by atoms with Crippen molar-refractivity contribution in [2.24, 2.45) is 5.92 Å². The fourth-order valence-corrected chi connectivity index (χ4v) is 2.77. The summed E-state index contributed by atoms with van der Waals surface area (Å²) in [5, 5.41) is 12.3. The van der Waals surface area contributed by atoms with Crippen LogP contribution < -0.4 is 5.32 Å². The van der Waals surface area contributed by atoms with Gasteiger partial charge < -0.3 is 10.4 Å². The van der Waals surface area contributed by atoms with Crippen LogP contribution in [0.4, 0.5) is 0 Å². The van der Waals surface area contributed by atoms with E-state index in [2.05, 4.69) is 17.2 Å². The molecule has 2 aromatic heterocycles. The molecule has 0 aliphatic carbocycles.